The molecule has 0 aliphatic heterocycles. The van der Waals surface area contributed by atoms with Crippen LogP contribution >= 0.6 is 0 Å². The number of hydrogen-bond donors (Lipinski definition) is 0. The normalized spacial score (nSPS) is 11.1. The lowest BCUT2D eigenvalue weighted by Gasteiger charge is -2.03. The summed E-state index contributed by atoms with van der Waals surface area (Å²) in [6, 6.07) is 18.1. The zero-order valence-corrected chi connectivity index (χ0v) is 14.5. The second-order valence-corrected chi connectivity index (χ2v) is 6.25. The Bertz CT molecular complexity index is 1210. The van der Waals surface area contributed by atoms with Crippen LogP contribution in [-0.4, -0.2) is 29.4 Å². The van der Waals surface area contributed by atoms with Crippen LogP contribution in [-0.2, 0) is 6.54 Å². The molecule has 0 unspecified atom stereocenters. The van der Waals surface area contributed by atoms with Crippen molar-refractivity contribution in [2.45, 2.75) is 6.54 Å². The summed E-state index contributed by atoms with van der Waals surface area (Å²) in [6.45, 7) is 0.651. The Morgan fingerprint density at radius 2 is 1.74 bits per heavy atom. The monoisotopic (exact) mass is 352 g/mol. The highest BCUT2D eigenvalue weighted by Gasteiger charge is 2.10. The van der Waals surface area contributed by atoms with Crippen molar-refractivity contribution in [1.82, 2.24) is 29.4 Å². The van der Waals surface area contributed by atoms with E-state index in [1.165, 1.54) is 0 Å². The maximum atomic E-state index is 4.70. The number of nitrogens with zero attached hydrogens (tertiary/aromatic N) is 6. The van der Waals surface area contributed by atoms with Gasteiger partial charge in [0.2, 0.25) is 0 Å². The topological polar surface area (TPSA) is 60.9 Å². The summed E-state index contributed by atoms with van der Waals surface area (Å²) >= 11 is 0. The molecule has 0 aliphatic rings. The highest BCUT2D eigenvalue weighted by atomic mass is 15.3. The number of benzene rings is 1. The van der Waals surface area contributed by atoms with Crippen molar-refractivity contribution < 1.29 is 0 Å². The van der Waals surface area contributed by atoms with Crippen molar-refractivity contribution in [3.05, 3.63) is 91.3 Å². The summed E-state index contributed by atoms with van der Waals surface area (Å²) in [7, 11) is 0. The molecule has 6 nitrogen and oxygen atoms in total. The molecule has 5 aromatic rings. The third-order valence-corrected chi connectivity index (χ3v) is 4.44. The van der Waals surface area contributed by atoms with Gasteiger partial charge in [-0.1, -0.05) is 24.3 Å². The minimum Gasteiger partial charge on any atom is -0.266 e. The molecule has 0 bridgehead atoms. The van der Waals surface area contributed by atoms with Crippen LogP contribution in [0.15, 0.2) is 85.6 Å². The number of hydrogen-bond acceptors (Lipinski definition) is 4. The van der Waals surface area contributed by atoms with Gasteiger partial charge in [0.1, 0.15) is 0 Å². The van der Waals surface area contributed by atoms with E-state index >= 15 is 0 Å². The smallest absolute Gasteiger partial charge is 0.162 e. The Morgan fingerprint density at radius 3 is 2.67 bits per heavy atom. The Balaban J connectivity index is 1.48. The van der Waals surface area contributed by atoms with Crippen LogP contribution in [0, 0.1) is 0 Å². The van der Waals surface area contributed by atoms with Crippen LogP contribution in [0.2, 0.25) is 0 Å². The minimum absolute atomic E-state index is 0.651. The van der Waals surface area contributed by atoms with E-state index in [1.807, 2.05) is 59.7 Å². The lowest BCUT2D eigenvalue weighted by atomic mass is 10.0. The van der Waals surface area contributed by atoms with Gasteiger partial charge >= 0.3 is 0 Å². The minimum atomic E-state index is 0.651. The summed E-state index contributed by atoms with van der Waals surface area (Å²) in [5.41, 5.74) is 5.89. The van der Waals surface area contributed by atoms with Gasteiger partial charge in [0.15, 0.2) is 5.65 Å². The summed E-state index contributed by atoms with van der Waals surface area (Å²) in [5, 5.41) is 9.08. The maximum absolute atomic E-state index is 4.70. The van der Waals surface area contributed by atoms with Crippen molar-refractivity contribution >= 4 is 5.65 Å². The lowest BCUT2D eigenvalue weighted by molar-refractivity contribution is 0.675. The van der Waals surface area contributed by atoms with Crippen molar-refractivity contribution in [3.63, 3.8) is 0 Å². The van der Waals surface area contributed by atoms with E-state index < -0.39 is 0 Å². The van der Waals surface area contributed by atoms with Crippen LogP contribution in [0.3, 0.4) is 0 Å². The molecule has 0 atom stereocenters. The zero-order chi connectivity index (χ0) is 18.1. The summed E-state index contributed by atoms with van der Waals surface area (Å²) in [6.07, 6.45) is 9.31. The van der Waals surface area contributed by atoms with Gasteiger partial charge in [-0.3, -0.25) is 9.67 Å². The lowest BCUT2D eigenvalue weighted by Crippen LogP contribution is -2.01. The van der Waals surface area contributed by atoms with E-state index in [0.29, 0.717) is 6.54 Å². The SMILES string of the molecule is c1ccc(Cn2ccc(-c3cccc(-c4cnn5cccnc45)c3)n2)nc1. The van der Waals surface area contributed by atoms with Gasteiger partial charge < -0.3 is 0 Å². The van der Waals surface area contributed by atoms with E-state index in [9.17, 15) is 0 Å². The number of pyridine rings is 1. The first-order chi connectivity index (χ1) is 13.4. The maximum Gasteiger partial charge on any atom is 0.162 e. The van der Waals surface area contributed by atoms with Crippen LogP contribution < -0.4 is 0 Å². The Morgan fingerprint density at radius 1 is 0.815 bits per heavy atom. The Kier molecular flexibility index (Phi) is 3.72. The molecule has 6 heteroatoms. The van der Waals surface area contributed by atoms with Gasteiger partial charge in [0.05, 0.1) is 24.1 Å². The van der Waals surface area contributed by atoms with Crippen LogP contribution in [0.25, 0.3) is 28.0 Å². The van der Waals surface area contributed by atoms with Gasteiger partial charge in [0.25, 0.3) is 0 Å². The van der Waals surface area contributed by atoms with Gasteiger partial charge in [-0.25, -0.2) is 9.50 Å². The van der Waals surface area contributed by atoms with E-state index in [-0.39, 0.29) is 0 Å². The quantitative estimate of drug-likeness (QED) is 0.495. The van der Waals surface area contributed by atoms with Crippen molar-refractivity contribution in [3.8, 4) is 22.4 Å². The number of fused-ring (bicyclic) bond motifs is 1. The number of rotatable bonds is 4. The van der Waals surface area contributed by atoms with Crippen LogP contribution in [0.5, 0.6) is 0 Å². The average Bonchev–Trinajstić information content (AvgIpc) is 3.36. The van der Waals surface area contributed by atoms with Crippen LogP contribution in [0.4, 0.5) is 0 Å². The average molecular weight is 352 g/mol. The van der Waals surface area contributed by atoms with Gasteiger partial charge in [-0.15, -0.1) is 0 Å². The standard InChI is InChI=1S/C21H16N6/c1-2-9-22-18(7-1)15-26-12-8-20(25-26)17-6-3-5-16(13-17)19-14-24-27-11-4-10-23-21(19)27/h1-14H,15H2. The van der Waals surface area contributed by atoms with E-state index in [2.05, 4.69) is 33.3 Å². The van der Waals surface area contributed by atoms with E-state index in [1.54, 1.807) is 16.9 Å². The molecule has 130 valence electrons. The molecule has 0 saturated heterocycles. The first-order valence-corrected chi connectivity index (χ1v) is 8.69. The summed E-state index contributed by atoms with van der Waals surface area (Å²) in [5.74, 6) is 0. The van der Waals surface area contributed by atoms with E-state index in [0.717, 1.165) is 33.7 Å². The third-order valence-electron chi connectivity index (χ3n) is 4.44. The molecule has 0 amide bonds. The molecule has 0 saturated carbocycles. The molecule has 4 heterocycles. The Hall–Kier alpha value is -3.80. The second kappa shape index (κ2) is 6.49. The fourth-order valence-electron chi connectivity index (χ4n) is 3.14. The van der Waals surface area contributed by atoms with Crippen molar-refractivity contribution in [2.24, 2.45) is 0 Å². The predicted molar refractivity (Wildman–Crippen MR) is 103 cm³/mol. The third kappa shape index (κ3) is 2.97. The molecule has 0 radical (unpaired) electrons. The molecule has 0 N–H and O–H groups in total. The molecule has 0 fully saturated rings. The predicted octanol–water partition coefficient (Wildman–Crippen LogP) is 3.70. The van der Waals surface area contributed by atoms with Gasteiger partial charge in [-0.2, -0.15) is 10.2 Å². The molecule has 0 aliphatic carbocycles. The number of aromatic nitrogens is 6. The largest absolute Gasteiger partial charge is 0.266 e. The summed E-state index contributed by atoms with van der Waals surface area (Å²) < 4.78 is 3.69. The summed E-state index contributed by atoms with van der Waals surface area (Å²) in [4.78, 5) is 8.80. The fraction of sp³-hybridized carbons (Fsp3) is 0.0476. The van der Waals surface area contributed by atoms with E-state index in [4.69, 9.17) is 5.10 Å². The Labute approximate surface area is 155 Å². The van der Waals surface area contributed by atoms with Gasteiger partial charge in [0, 0.05) is 35.9 Å². The van der Waals surface area contributed by atoms with Gasteiger partial charge in [-0.05, 0) is 35.9 Å². The molecule has 1 aromatic carbocycles. The molecule has 5 rings (SSSR count). The van der Waals surface area contributed by atoms with Crippen molar-refractivity contribution in [2.75, 3.05) is 0 Å². The van der Waals surface area contributed by atoms with Crippen molar-refractivity contribution in [1.29, 1.82) is 0 Å². The van der Waals surface area contributed by atoms with Crippen LogP contribution in [0.1, 0.15) is 5.69 Å². The molecule has 4 aromatic heterocycles. The highest BCUT2D eigenvalue weighted by molar-refractivity contribution is 5.79. The second-order valence-electron chi connectivity index (χ2n) is 6.25. The molecular formula is C21H16N6. The first-order valence-electron chi connectivity index (χ1n) is 8.69. The first kappa shape index (κ1) is 15.5. The highest BCUT2D eigenvalue weighted by Crippen LogP contribution is 2.27. The molecule has 27 heavy (non-hydrogen) atoms. The zero-order valence-electron chi connectivity index (χ0n) is 14.5. The fourth-order valence-corrected chi connectivity index (χ4v) is 3.14. The molecule has 0 spiro atoms. The molecular weight excluding hydrogens is 336 g/mol.